The number of phenols is 1. The summed E-state index contributed by atoms with van der Waals surface area (Å²) >= 11 is 0. The number of nitrogens with two attached hydrogens (primary N) is 1. The van der Waals surface area contributed by atoms with Gasteiger partial charge in [-0.05, 0) is 24.5 Å². The van der Waals surface area contributed by atoms with Crippen molar-refractivity contribution in [1.82, 2.24) is 4.90 Å². The van der Waals surface area contributed by atoms with Crippen LogP contribution < -0.4 is 5.73 Å². The third kappa shape index (κ3) is 2.31. The molecule has 1 heterocycles. The molecule has 1 amide bonds. The van der Waals surface area contributed by atoms with E-state index in [1.807, 2.05) is 6.92 Å². The summed E-state index contributed by atoms with van der Waals surface area (Å²) in [6, 6.07) is 3.93. The molecule has 0 bridgehead atoms. The van der Waals surface area contributed by atoms with Crippen LogP contribution in [0.3, 0.4) is 0 Å². The predicted octanol–water partition coefficient (Wildman–Crippen LogP) is 1.34. The molecule has 0 spiro atoms. The van der Waals surface area contributed by atoms with Gasteiger partial charge in [0.15, 0.2) is 0 Å². The van der Waals surface area contributed by atoms with Gasteiger partial charge in [-0.15, -0.1) is 0 Å². The van der Waals surface area contributed by atoms with E-state index in [2.05, 4.69) is 0 Å². The lowest BCUT2D eigenvalue weighted by Gasteiger charge is -2.35. The number of carbonyl (C=O) groups excluding carboxylic acids is 1. The number of carbonyl (C=O) groups is 1. The second-order valence-electron chi connectivity index (χ2n) is 4.81. The summed E-state index contributed by atoms with van der Waals surface area (Å²) < 4.78 is 13.6. The second-order valence-corrected chi connectivity index (χ2v) is 4.81. The van der Waals surface area contributed by atoms with Crippen molar-refractivity contribution in [3.8, 4) is 5.75 Å². The van der Waals surface area contributed by atoms with Crippen molar-refractivity contribution >= 4 is 5.91 Å². The summed E-state index contributed by atoms with van der Waals surface area (Å²) in [5, 5.41) is 9.60. The van der Waals surface area contributed by atoms with Crippen molar-refractivity contribution in [3.05, 3.63) is 29.6 Å². The molecule has 1 fully saturated rings. The molecule has 98 valence electrons. The van der Waals surface area contributed by atoms with Crippen molar-refractivity contribution in [1.29, 1.82) is 0 Å². The Morgan fingerprint density at radius 1 is 1.56 bits per heavy atom. The SMILES string of the molecule is CC1CN(C(=O)c2c(O)cccc2F)CCC1N. The van der Waals surface area contributed by atoms with Gasteiger partial charge in [0.1, 0.15) is 17.1 Å². The van der Waals surface area contributed by atoms with Gasteiger partial charge in [-0.2, -0.15) is 0 Å². The van der Waals surface area contributed by atoms with E-state index in [9.17, 15) is 14.3 Å². The Bertz CT molecular complexity index is 444. The lowest BCUT2D eigenvalue weighted by Crippen LogP contribution is -2.48. The van der Waals surface area contributed by atoms with Gasteiger partial charge in [0.05, 0.1) is 0 Å². The molecule has 2 atom stereocenters. The smallest absolute Gasteiger partial charge is 0.260 e. The highest BCUT2D eigenvalue weighted by Gasteiger charge is 2.29. The number of piperidine rings is 1. The third-order valence-corrected chi connectivity index (χ3v) is 3.46. The van der Waals surface area contributed by atoms with Crippen LogP contribution in [0.15, 0.2) is 18.2 Å². The molecule has 1 aliphatic rings. The summed E-state index contributed by atoms with van der Waals surface area (Å²) in [4.78, 5) is 13.7. The number of aromatic hydroxyl groups is 1. The number of rotatable bonds is 1. The minimum atomic E-state index is -0.692. The average Bonchev–Trinajstić information content (AvgIpc) is 2.32. The Morgan fingerprint density at radius 2 is 2.28 bits per heavy atom. The van der Waals surface area contributed by atoms with E-state index in [0.717, 1.165) is 0 Å². The van der Waals surface area contributed by atoms with E-state index in [1.54, 1.807) is 4.90 Å². The van der Waals surface area contributed by atoms with Gasteiger partial charge in [0.2, 0.25) is 0 Å². The van der Waals surface area contributed by atoms with Crippen molar-refractivity contribution in [2.24, 2.45) is 11.7 Å². The number of amides is 1. The van der Waals surface area contributed by atoms with Gasteiger partial charge in [0.25, 0.3) is 5.91 Å². The van der Waals surface area contributed by atoms with Crippen molar-refractivity contribution in [2.75, 3.05) is 13.1 Å². The first kappa shape index (κ1) is 12.8. The zero-order valence-corrected chi connectivity index (χ0v) is 10.3. The van der Waals surface area contributed by atoms with Gasteiger partial charge in [-0.3, -0.25) is 4.79 Å². The van der Waals surface area contributed by atoms with Crippen LogP contribution in [-0.2, 0) is 0 Å². The molecule has 2 rings (SSSR count). The Kier molecular flexibility index (Phi) is 3.52. The Morgan fingerprint density at radius 3 is 2.89 bits per heavy atom. The fourth-order valence-corrected chi connectivity index (χ4v) is 2.23. The predicted molar refractivity (Wildman–Crippen MR) is 65.7 cm³/mol. The van der Waals surface area contributed by atoms with Crippen LogP contribution in [0.4, 0.5) is 4.39 Å². The topological polar surface area (TPSA) is 66.6 Å². The van der Waals surface area contributed by atoms with Crippen LogP contribution >= 0.6 is 0 Å². The number of phenolic OH excluding ortho intramolecular Hbond substituents is 1. The van der Waals surface area contributed by atoms with E-state index in [0.29, 0.717) is 19.5 Å². The first-order chi connectivity index (χ1) is 8.50. The standard InChI is InChI=1S/C13H17FN2O2/c1-8-7-16(6-5-10(8)15)13(18)12-9(14)3-2-4-11(12)17/h2-4,8,10,17H,5-7,15H2,1H3. The first-order valence-electron chi connectivity index (χ1n) is 6.03. The Hall–Kier alpha value is -1.62. The van der Waals surface area contributed by atoms with Crippen molar-refractivity contribution in [3.63, 3.8) is 0 Å². The molecule has 3 N–H and O–H groups in total. The molecule has 2 unspecified atom stereocenters. The van der Waals surface area contributed by atoms with Gasteiger partial charge in [0, 0.05) is 19.1 Å². The quantitative estimate of drug-likeness (QED) is 0.792. The molecule has 5 heteroatoms. The first-order valence-corrected chi connectivity index (χ1v) is 6.03. The van der Waals surface area contributed by atoms with E-state index in [-0.39, 0.29) is 23.3 Å². The lowest BCUT2D eigenvalue weighted by molar-refractivity contribution is 0.0656. The van der Waals surface area contributed by atoms with Crippen LogP contribution in [0.5, 0.6) is 5.75 Å². The van der Waals surface area contributed by atoms with Gasteiger partial charge in [-0.1, -0.05) is 13.0 Å². The molecular formula is C13H17FN2O2. The molecule has 0 aromatic heterocycles. The van der Waals surface area contributed by atoms with Gasteiger partial charge < -0.3 is 15.7 Å². The summed E-state index contributed by atoms with van der Waals surface area (Å²) in [5.41, 5.74) is 5.63. The van der Waals surface area contributed by atoms with E-state index >= 15 is 0 Å². The fraction of sp³-hybridized carbons (Fsp3) is 0.462. The molecule has 1 aromatic carbocycles. The fourth-order valence-electron chi connectivity index (χ4n) is 2.23. The van der Waals surface area contributed by atoms with Crippen molar-refractivity contribution < 1.29 is 14.3 Å². The second kappa shape index (κ2) is 4.94. The van der Waals surface area contributed by atoms with Gasteiger partial charge >= 0.3 is 0 Å². The van der Waals surface area contributed by atoms with Crippen LogP contribution in [0.1, 0.15) is 23.7 Å². The monoisotopic (exact) mass is 252 g/mol. The number of halogens is 1. The summed E-state index contributed by atoms with van der Waals surface area (Å²) in [5.74, 6) is -1.30. The highest BCUT2D eigenvalue weighted by atomic mass is 19.1. The highest BCUT2D eigenvalue weighted by molar-refractivity contribution is 5.97. The minimum absolute atomic E-state index is 0.0725. The molecule has 18 heavy (non-hydrogen) atoms. The van der Waals surface area contributed by atoms with E-state index < -0.39 is 11.7 Å². The zero-order chi connectivity index (χ0) is 13.3. The van der Waals surface area contributed by atoms with Crippen LogP contribution in [0.2, 0.25) is 0 Å². The molecular weight excluding hydrogens is 235 g/mol. The largest absolute Gasteiger partial charge is 0.507 e. The molecule has 0 aliphatic carbocycles. The van der Waals surface area contributed by atoms with E-state index in [1.165, 1.54) is 18.2 Å². The molecule has 1 aromatic rings. The average molecular weight is 252 g/mol. The third-order valence-electron chi connectivity index (χ3n) is 3.46. The van der Waals surface area contributed by atoms with Crippen LogP contribution in [0, 0.1) is 11.7 Å². The van der Waals surface area contributed by atoms with Crippen molar-refractivity contribution in [2.45, 2.75) is 19.4 Å². The number of likely N-dealkylation sites (tertiary alicyclic amines) is 1. The van der Waals surface area contributed by atoms with Gasteiger partial charge in [-0.25, -0.2) is 4.39 Å². The summed E-state index contributed by atoms with van der Waals surface area (Å²) in [6.45, 7) is 2.96. The molecule has 1 aliphatic heterocycles. The summed E-state index contributed by atoms with van der Waals surface area (Å²) in [6.07, 6.45) is 0.697. The Labute approximate surface area is 105 Å². The van der Waals surface area contributed by atoms with Crippen LogP contribution in [-0.4, -0.2) is 35.0 Å². The van der Waals surface area contributed by atoms with E-state index in [4.69, 9.17) is 5.73 Å². The number of hydrogen-bond acceptors (Lipinski definition) is 3. The Balaban J connectivity index is 2.22. The molecule has 0 saturated carbocycles. The highest BCUT2D eigenvalue weighted by Crippen LogP contribution is 2.24. The maximum Gasteiger partial charge on any atom is 0.260 e. The lowest BCUT2D eigenvalue weighted by atomic mass is 9.94. The maximum absolute atomic E-state index is 13.6. The van der Waals surface area contributed by atoms with Crippen LogP contribution in [0.25, 0.3) is 0 Å². The number of benzene rings is 1. The number of nitrogens with zero attached hydrogens (tertiary/aromatic N) is 1. The number of hydrogen-bond donors (Lipinski definition) is 2. The normalized spacial score (nSPS) is 24.1. The molecule has 1 saturated heterocycles. The zero-order valence-electron chi connectivity index (χ0n) is 10.3. The maximum atomic E-state index is 13.6. The summed E-state index contributed by atoms with van der Waals surface area (Å²) in [7, 11) is 0. The minimum Gasteiger partial charge on any atom is -0.507 e. The molecule has 0 radical (unpaired) electrons. The molecule has 4 nitrogen and oxygen atoms in total.